The van der Waals surface area contributed by atoms with Crippen molar-refractivity contribution in [1.82, 2.24) is 15.2 Å². The molecular weight excluding hydrogens is 345 g/mol. The third-order valence-corrected chi connectivity index (χ3v) is 4.27. The lowest BCUT2D eigenvalue weighted by molar-refractivity contribution is -0.137. The molecule has 8 heteroatoms. The van der Waals surface area contributed by atoms with Gasteiger partial charge in [0.25, 0.3) is 0 Å². The molecule has 1 N–H and O–H groups in total. The van der Waals surface area contributed by atoms with Crippen molar-refractivity contribution in [3.8, 4) is 0 Å². The van der Waals surface area contributed by atoms with Crippen molar-refractivity contribution in [3.63, 3.8) is 0 Å². The number of rotatable bonds is 3. The Morgan fingerprint density at radius 2 is 1.88 bits per heavy atom. The highest BCUT2D eigenvalue weighted by Crippen LogP contribution is 2.31. The summed E-state index contributed by atoms with van der Waals surface area (Å²) in [5.74, 6) is 0. The summed E-state index contributed by atoms with van der Waals surface area (Å²) in [6.07, 6.45) is -1.01. The van der Waals surface area contributed by atoms with E-state index in [0.717, 1.165) is 17.7 Å². The van der Waals surface area contributed by atoms with Crippen molar-refractivity contribution in [2.75, 3.05) is 31.1 Å². The van der Waals surface area contributed by atoms with Crippen LogP contribution in [-0.4, -0.2) is 42.1 Å². The highest BCUT2D eigenvalue weighted by Gasteiger charge is 2.31. The van der Waals surface area contributed by atoms with E-state index >= 15 is 0 Å². The molecule has 138 valence electrons. The molecule has 5 nitrogen and oxygen atoms in total. The Hall–Kier alpha value is -2.77. The normalized spacial score (nSPS) is 15.0. The van der Waals surface area contributed by atoms with Gasteiger partial charge in [-0.15, -0.1) is 0 Å². The number of carbonyl (C=O) groups is 1. The summed E-state index contributed by atoms with van der Waals surface area (Å²) in [7, 11) is 0. The number of halogens is 3. The first-order chi connectivity index (χ1) is 12.4. The van der Waals surface area contributed by atoms with Gasteiger partial charge in [0.15, 0.2) is 0 Å². The molecule has 1 aliphatic heterocycles. The lowest BCUT2D eigenvalue weighted by Crippen LogP contribution is -2.51. The summed E-state index contributed by atoms with van der Waals surface area (Å²) < 4.78 is 38.5. The van der Waals surface area contributed by atoms with E-state index in [4.69, 9.17) is 0 Å². The fraction of sp³-hybridized carbons (Fsp3) is 0.333. The van der Waals surface area contributed by atoms with Crippen LogP contribution >= 0.6 is 0 Å². The number of nitrogens with one attached hydrogen (secondary N) is 1. The predicted molar refractivity (Wildman–Crippen MR) is 91.7 cm³/mol. The van der Waals surface area contributed by atoms with Crippen LogP contribution in [-0.2, 0) is 12.7 Å². The molecule has 2 aromatic rings. The lowest BCUT2D eigenvalue weighted by atomic mass is 10.1. The Morgan fingerprint density at radius 1 is 1.12 bits per heavy atom. The number of anilines is 1. The van der Waals surface area contributed by atoms with Crippen molar-refractivity contribution in [2.24, 2.45) is 0 Å². The van der Waals surface area contributed by atoms with Crippen molar-refractivity contribution >= 4 is 11.7 Å². The fourth-order valence-corrected chi connectivity index (χ4v) is 2.84. The number of urea groups is 1. The molecule has 1 aromatic carbocycles. The quantitative estimate of drug-likeness (QED) is 0.910. The molecule has 1 aliphatic rings. The van der Waals surface area contributed by atoms with Gasteiger partial charge in [-0.3, -0.25) is 4.98 Å². The zero-order chi connectivity index (χ0) is 18.6. The maximum atomic E-state index is 12.8. The van der Waals surface area contributed by atoms with Crippen molar-refractivity contribution in [1.29, 1.82) is 0 Å². The van der Waals surface area contributed by atoms with Crippen molar-refractivity contribution < 1.29 is 18.0 Å². The number of amides is 2. The van der Waals surface area contributed by atoms with Crippen LogP contribution < -0.4 is 10.2 Å². The summed E-state index contributed by atoms with van der Waals surface area (Å²) in [5.41, 5.74) is 0.769. The standard InChI is InChI=1S/C18H19F3N4O/c19-18(20,21)15-4-1-5-16(11-15)24-7-9-25(10-8-24)17(26)23-13-14-3-2-6-22-12-14/h1-6,11-12H,7-10,13H2,(H,23,26). The number of hydrogen-bond acceptors (Lipinski definition) is 3. The Bertz CT molecular complexity index is 744. The van der Waals surface area contributed by atoms with Crippen LogP contribution in [0.4, 0.5) is 23.7 Å². The summed E-state index contributed by atoms with van der Waals surface area (Å²) in [6.45, 7) is 2.27. The van der Waals surface area contributed by atoms with Crippen LogP contribution in [0.1, 0.15) is 11.1 Å². The molecule has 1 aromatic heterocycles. The molecule has 0 unspecified atom stereocenters. The predicted octanol–water partition coefficient (Wildman–Crippen LogP) is 3.13. The van der Waals surface area contributed by atoms with Gasteiger partial charge in [0, 0.05) is 50.8 Å². The topological polar surface area (TPSA) is 48.5 Å². The van der Waals surface area contributed by atoms with Gasteiger partial charge in [0.1, 0.15) is 0 Å². The number of nitrogens with zero attached hydrogens (tertiary/aromatic N) is 3. The van der Waals surface area contributed by atoms with E-state index in [1.54, 1.807) is 29.4 Å². The zero-order valence-corrected chi connectivity index (χ0v) is 14.0. The van der Waals surface area contributed by atoms with Crippen LogP contribution in [0, 0.1) is 0 Å². The second-order valence-electron chi connectivity index (χ2n) is 6.04. The van der Waals surface area contributed by atoms with Crippen LogP contribution in [0.15, 0.2) is 48.8 Å². The number of alkyl halides is 3. The molecule has 0 spiro atoms. The minimum atomic E-state index is -4.36. The van der Waals surface area contributed by atoms with Crippen molar-refractivity contribution in [3.05, 3.63) is 59.9 Å². The van der Waals surface area contributed by atoms with E-state index in [9.17, 15) is 18.0 Å². The van der Waals surface area contributed by atoms with Gasteiger partial charge < -0.3 is 15.1 Å². The molecular formula is C18H19F3N4O. The van der Waals surface area contributed by atoms with E-state index in [1.165, 1.54) is 6.07 Å². The second kappa shape index (κ2) is 7.63. The smallest absolute Gasteiger partial charge is 0.368 e. The largest absolute Gasteiger partial charge is 0.416 e. The monoisotopic (exact) mass is 364 g/mol. The molecule has 0 radical (unpaired) electrons. The Kier molecular flexibility index (Phi) is 5.29. The first-order valence-electron chi connectivity index (χ1n) is 8.27. The Labute approximate surface area is 149 Å². The first kappa shape index (κ1) is 18.0. The Morgan fingerprint density at radius 3 is 2.54 bits per heavy atom. The van der Waals surface area contributed by atoms with Gasteiger partial charge in [0.2, 0.25) is 0 Å². The molecule has 1 saturated heterocycles. The van der Waals surface area contributed by atoms with E-state index in [0.29, 0.717) is 38.4 Å². The number of carbonyl (C=O) groups excluding carboxylic acids is 1. The summed E-state index contributed by atoms with van der Waals surface area (Å²) in [6, 6.07) is 8.77. The molecule has 3 rings (SSSR count). The summed E-state index contributed by atoms with van der Waals surface area (Å²) >= 11 is 0. The van der Waals surface area contributed by atoms with Crippen LogP contribution in [0.5, 0.6) is 0 Å². The molecule has 2 amide bonds. The van der Waals surface area contributed by atoms with Gasteiger partial charge in [0.05, 0.1) is 5.56 Å². The number of hydrogen-bond donors (Lipinski definition) is 1. The van der Waals surface area contributed by atoms with Gasteiger partial charge in [-0.25, -0.2) is 4.79 Å². The maximum Gasteiger partial charge on any atom is 0.416 e. The summed E-state index contributed by atoms with van der Waals surface area (Å²) in [4.78, 5) is 19.7. The number of aromatic nitrogens is 1. The van der Waals surface area contributed by atoms with Crippen LogP contribution in [0.3, 0.4) is 0 Å². The van der Waals surface area contributed by atoms with Gasteiger partial charge in [-0.1, -0.05) is 12.1 Å². The highest BCUT2D eigenvalue weighted by atomic mass is 19.4. The van der Waals surface area contributed by atoms with Gasteiger partial charge >= 0.3 is 12.2 Å². The average Bonchev–Trinajstić information content (AvgIpc) is 2.66. The number of pyridine rings is 1. The molecule has 0 bridgehead atoms. The zero-order valence-electron chi connectivity index (χ0n) is 14.0. The van der Waals surface area contributed by atoms with Crippen LogP contribution in [0.25, 0.3) is 0 Å². The minimum Gasteiger partial charge on any atom is -0.368 e. The molecule has 0 saturated carbocycles. The SMILES string of the molecule is O=C(NCc1cccnc1)N1CCN(c2cccc(C(F)(F)F)c2)CC1. The average molecular weight is 364 g/mol. The molecule has 2 heterocycles. The highest BCUT2D eigenvalue weighted by molar-refractivity contribution is 5.74. The third kappa shape index (κ3) is 4.44. The van der Waals surface area contributed by atoms with E-state index in [1.807, 2.05) is 11.0 Å². The van der Waals surface area contributed by atoms with E-state index in [2.05, 4.69) is 10.3 Å². The Balaban J connectivity index is 1.53. The third-order valence-electron chi connectivity index (χ3n) is 4.27. The van der Waals surface area contributed by atoms with Gasteiger partial charge in [-0.2, -0.15) is 13.2 Å². The number of benzene rings is 1. The molecule has 0 atom stereocenters. The van der Waals surface area contributed by atoms with Crippen molar-refractivity contribution in [2.45, 2.75) is 12.7 Å². The maximum absolute atomic E-state index is 12.8. The van der Waals surface area contributed by atoms with E-state index < -0.39 is 11.7 Å². The fourth-order valence-electron chi connectivity index (χ4n) is 2.84. The minimum absolute atomic E-state index is 0.183. The molecule has 1 fully saturated rings. The van der Waals surface area contributed by atoms with Crippen LogP contribution in [0.2, 0.25) is 0 Å². The first-order valence-corrected chi connectivity index (χ1v) is 8.27. The van der Waals surface area contributed by atoms with Gasteiger partial charge in [-0.05, 0) is 29.8 Å². The molecule has 0 aliphatic carbocycles. The van der Waals surface area contributed by atoms with E-state index in [-0.39, 0.29) is 6.03 Å². The number of piperazine rings is 1. The second-order valence-corrected chi connectivity index (χ2v) is 6.04. The lowest BCUT2D eigenvalue weighted by Gasteiger charge is -2.36. The molecule has 26 heavy (non-hydrogen) atoms. The summed E-state index contributed by atoms with van der Waals surface area (Å²) in [5, 5.41) is 2.83.